The fourth-order valence-corrected chi connectivity index (χ4v) is 2.05. The fourth-order valence-electron chi connectivity index (χ4n) is 1.66. The lowest BCUT2D eigenvalue weighted by Gasteiger charge is -2.09. The zero-order valence-corrected chi connectivity index (χ0v) is 11.5. The maximum Gasteiger partial charge on any atom is 0.253 e. The van der Waals surface area contributed by atoms with Gasteiger partial charge in [-0.1, -0.05) is 47.5 Å². The summed E-state index contributed by atoms with van der Waals surface area (Å²) in [6.45, 7) is 0.298. The highest BCUT2D eigenvalue weighted by molar-refractivity contribution is 6.42. The molecule has 0 atom stereocenters. The van der Waals surface area contributed by atoms with Crippen LogP contribution in [-0.4, -0.2) is 5.91 Å². The highest BCUT2D eigenvalue weighted by Crippen LogP contribution is 2.25. The van der Waals surface area contributed by atoms with E-state index >= 15 is 0 Å². The molecular formula is C14H12Cl2N2O. The summed E-state index contributed by atoms with van der Waals surface area (Å²) in [5.41, 5.74) is 7.38. The molecule has 0 aromatic heterocycles. The lowest BCUT2D eigenvalue weighted by Crippen LogP contribution is -2.23. The molecule has 0 heterocycles. The minimum absolute atomic E-state index is 0.242. The Morgan fingerprint density at radius 1 is 1.11 bits per heavy atom. The van der Waals surface area contributed by atoms with Crippen LogP contribution in [0.3, 0.4) is 0 Å². The van der Waals surface area contributed by atoms with Gasteiger partial charge in [0.15, 0.2) is 0 Å². The summed E-state index contributed by atoms with van der Waals surface area (Å²) in [5.74, 6) is -0.242. The van der Waals surface area contributed by atoms with Gasteiger partial charge < -0.3 is 11.1 Å². The second kappa shape index (κ2) is 5.95. The van der Waals surface area contributed by atoms with Crippen LogP contribution in [0.4, 0.5) is 5.69 Å². The smallest absolute Gasteiger partial charge is 0.253 e. The van der Waals surface area contributed by atoms with E-state index in [9.17, 15) is 4.79 Å². The third-order valence-electron chi connectivity index (χ3n) is 2.68. The molecule has 3 nitrogen and oxygen atoms in total. The van der Waals surface area contributed by atoms with Crippen molar-refractivity contribution < 1.29 is 4.79 Å². The van der Waals surface area contributed by atoms with Gasteiger partial charge in [-0.15, -0.1) is 0 Å². The van der Waals surface area contributed by atoms with E-state index in [1.54, 1.807) is 36.4 Å². The van der Waals surface area contributed by atoms with Crippen molar-refractivity contribution in [1.82, 2.24) is 5.32 Å². The molecule has 5 heteroatoms. The molecule has 3 N–H and O–H groups in total. The fraction of sp³-hybridized carbons (Fsp3) is 0.0714. The highest BCUT2D eigenvalue weighted by atomic mass is 35.5. The number of benzene rings is 2. The van der Waals surface area contributed by atoms with Gasteiger partial charge in [0.1, 0.15) is 0 Å². The molecule has 1 amide bonds. The number of hydrogen-bond acceptors (Lipinski definition) is 2. The van der Waals surface area contributed by atoms with Crippen LogP contribution in [0.25, 0.3) is 0 Å². The van der Waals surface area contributed by atoms with Gasteiger partial charge >= 0.3 is 0 Å². The highest BCUT2D eigenvalue weighted by Gasteiger charge is 2.10. The molecule has 2 aromatic rings. The van der Waals surface area contributed by atoms with Gasteiger partial charge in [-0.25, -0.2) is 0 Å². The molecule has 2 aromatic carbocycles. The normalized spacial score (nSPS) is 10.2. The topological polar surface area (TPSA) is 55.1 Å². The van der Waals surface area contributed by atoms with Crippen molar-refractivity contribution in [2.24, 2.45) is 0 Å². The Bertz CT molecular complexity index is 614. The van der Waals surface area contributed by atoms with E-state index in [1.165, 1.54) is 0 Å². The number of nitrogens with one attached hydrogen (secondary N) is 1. The van der Waals surface area contributed by atoms with Crippen LogP contribution in [0.5, 0.6) is 0 Å². The molecule has 98 valence electrons. The summed E-state index contributed by atoms with van der Waals surface area (Å²) in [7, 11) is 0. The summed E-state index contributed by atoms with van der Waals surface area (Å²) in [6.07, 6.45) is 0. The number of anilines is 1. The molecule has 0 aliphatic rings. The number of rotatable bonds is 3. The monoisotopic (exact) mass is 294 g/mol. The summed E-state index contributed by atoms with van der Waals surface area (Å²) < 4.78 is 0. The van der Waals surface area contributed by atoms with Crippen molar-refractivity contribution in [2.45, 2.75) is 6.54 Å². The van der Waals surface area contributed by atoms with Crippen LogP contribution in [0.2, 0.25) is 10.0 Å². The first-order valence-corrected chi connectivity index (χ1v) is 6.41. The standard InChI is InChI=1S/C14H12Cl2N2O/c15-11-6-3-4-9(13(11)16)8-18-14(19)10-5-1-2-7-12(10)17/h1-7H,8,17H2,(H,18,19). The zero-order valence-electron chi connectivity index (χ0n) is 9.99. The van der Waals surface area contributed by atoms with E-state index < -0.39 is 0 Å². The number of hydrogen-bond donors (Lipinski definition) is 2. The number of nitrogens with two attached hydrogens (primary N) is 1. The Kier molecular flexibility index (Phi) is 4.30. The Morgan fingerprint density at radius 2 is 1.84 bits per heavy atom. The van der Waals surface area contributed by atoms with Crippen molar-refractivity contribution in [3.05, 3.63) is 63.6 Å². The van der Waals surface area contributed by atoms with Crippen molar-refractivity contribution in [2.75, 3.05) is 5.73 Å². The van der Waals surface area contributed by atoms with Gasteiger partial charge in [0.25, 0.3) is 5.91 Å². The maximum atomic E-state index is 12.0. The predicted molar refractivity (Wildman–Crippen MR) is 78.5 cm³/mol. The van der Waals surface area contributed by atoms with E-state index in [0.29, 0.717) is 27.8 Å². The van der Waals surface area contributed by atoms with E-state index in [-0.39, 0.29) is 5.91 Å². The first kappa shape index (κ1) is 13.7. The third kappa shape index (κ3) is 3.19. The summed E-state index contributed by atoms with van der Waals surface area (Å²) in [5, 5.41) is 3.68. The number of para-hydroxylation sites is 1. The lowest BCUT2D eigenvalue weighted by molar-refractivity contribution is 0.0952. The van der Waals surface area contributed by atoms with Crippen molar-refractivity contribution in [1.29, 1.82) is 0 Å². The molecule has 0 aliphatic heterocycles. The van der Waals surface area contributed by atoms with Gasteiger partial charge in [-0.2, -0.15) is 0 Å². The molecule has 0 saturated carbocycles. The second-order valence-corrected chi connectivity index (χ2v) is 4.77. The zero-order chi connectivity index (χ0) is 13.8. The molecule has 0 radical (unpaired) electrons. The lowest BCUT2D eigenvalue weighted by atomic mass is 10.1. The molecule has 0 saturated heterocycles. The van der Waals surface area contributed by atoms with Crippen molar-refractivity contribution in [3.63, 3.8) is 0 Å². The van der Waals surface area contributed by atoms with Crippen molar-refractivity contribution >= 4 is 34.8 Å². The van der Waals surface area contributed by atoms with Gasteiger partial charge in [0.2, 0.25) is 0 Å². The quantitative estimate of drug-likeness (QED) is 0.851. The first-order chi connectivity index (χ1) is 9.09. The molecule has 0 aliphatic carbocycles. The van der Waals surface area contributed by atoms with Crippen LogP contribution < -0.4 is 11.1 Å². The van der Waals surface area contributed by atoms with E-state index in [2.05, 4.69) is 5.32 Å². The molecule has 0 spiro atoms. The summed E-state index contributed by atoms with van der Waals surface area (Å²) in [4.78, 5) is 12.0. The molecule has 2 rings (SSSR count). The van der Waals surface area contributed by atoms with Crippen LogP contribution in [0.1, 0.15) is 15.9 Å². The van der Waals surface area contributed by atoms with Gasteiger partial charge in [0.05, 0.1) is 15.6 Å². The SMILES string of the molecule is Nc1ccccc1C(=O)NCc1cccc(Cl)c1Cl. The Balaban J connectivity index is 2.09. The Hall–Kier alpha value is -1.71. The van der Waals surface area contributed by atoms with E-state index in [0.717, 1.165) is 5.56 Å². The largest absolute Gasteiger partial charge is 0.398 e. The molecule has 0 bridgehead atoms. The van der Waals surface area contributed by atoms with Crippen LogP contribution >= 0.6 is 23.2 Å². The second-order valence-electron chi connectivity index (χ2n) is 3.98. The van der Waals surface area contributed by atoms with Gasteiger partial charge in [-0.05, 0) is 23.8 Å². The summed E-state index contributed by atoms with van der Waals surface area (Å²) in [6, 6.07) is 12.2. The van der Waals surface area contributed by atoms with Crippen LogP contribution in [-0.2, 0) is 6.54 Å². The van der Waals surface area contributed by atoms with Gasteiger partial charge in [0, 0.05) is 12.2 Å². The van der Waals surface area contributed by atoms with Crippen molar-refractivity contribution in [3.8, 4) is 0 Å². The number of halogens is 2. The molecule has 19 heavy (non-hydrogen) atoms. The number of nitrogen functional groups attached to an aromatic ring is 1. The minimum atomic E-state index is -0.242. The average molecular weight is 295 g/mol. The molecule has 0 fully saturated rings. The number of carbonyl (C=O) groups is 1. The number of amides is 1. The molecular weight excluding hydrogens is 283 g/mol. The average Bonchev–Trinajstić information content (AvgIpc) is 2.40. The Labute approximate surface area is 121 Å². The maximum absolute atomic E-state index is 12.0. The third-order valence-corrected chi connectivity index (χ3v) is 3.53. The van der Waals surface area contributed by atoms with E-state index in [1.807, 2.05) is 6.07 Å². The van der Waals surface area contributed by atoms with Crippen LogP contribution in [0, 0.1) is 0 Å². The number of carbonyl (C=O) groups excluding carboxylic acids is 1. The Morgan fingerprint density at radius 3 is 2.58 bits per heavy atom. The predicted octanol–water partition coefficient (Wildman–Crippen LogP) is 3.51. The van der Waals surface area contributed by atoms with Crippen LogP contribution in [0.15, 0.2) is 42.5 Å². The van der Waals surface area contributed by atoms with E-state index in [4.69, 9.17) is 28.9 Å². The minimum Gasteiger partial charge on any atom is -0.398 e. The molecule has 0 unspecified atom stereocenters. The summed E-state index contributed by atoms with van der Waals surface area (Å²) >= 11 is 12.0. The first-order valence-electron chi connectivity index (χ1n) is 5.65. The van der Waals surface area contributed by atoms with Gasteiger partial charge in [-0.3, -0.25) is 4.79 Å².